The van der Waals surface area contributed by atoms with Gasteiger partial charge in [-0.25, -0.2) is 4.98 Å². The van der Waals surface area contributed by atoms with Crippen LogP contribution in [-0.2, 0) is 11.4 Å². The number of aryl methyl sites for hydroxylation is 1. The summed E-state index contributed by atoms with van der Waals surface area (Å²) in [7, 11) is 0. The fourth-order valence-electron chi connectivity index (χ4n) is 0.787. The van der Waals surface area contributed by atoms with Crippen molar-refractivity contribution in [1.29, 1.82) is 0 Å². The second-order valence-corrected chi connectivity index (χ2v) is 2.23. The summed E-state index contributed by atoms with van der Waals surface area (Å²) in [5.41, 5.74) is 4.88. The fourth-order valence-corrected chi connectivity index (χ4v) is 0.787. The Morgan fingerprint density at radius 3 is 3.09 bits per heavy atom. The minimum Gasteiger partial charge on any atom is -0.348 e. The Morgan fingerprint density at radius 2 is 2.55 bits per heavy atom. The molecule has 0 amide bonds. The van der Waals surface area contributed by atoms with Crippen LogP contribution in [0.2, 0.25) is 0 Å². The molecular formula is C7H13N3O. The predicted octanol–water partition coefficient (Wildman–Crippen LogP) is 0.759. The van der Waals surface area contributed by atoms with Crippen molar-refractivity contribution in [2.24, 2.45) is 0 Å². The Hall–Kier alpha value is -0.870. The number of hydrogen-bond donors (Lipinski definition) is 2. The monoisotopic (exact) mass is 155 g/mol. The van der Waals surface area contributed by atoms with Crippen molar-refractivity contribution in [3.05, 3.63) is 17.7 Å². The molecule has 1 heterocycles. The van der Waals surface area contributed by atoms with E-state index in [9.17, 15) is 0 Å². The van der Waals surface area contributed by atoms with E-state index in [-0.39, 0.29) is 0 Å². The number of aromatic amines is 1. The van der Waals surface area contributed by atoms with Gasteiger partial charge in [-0.1, -0.05) is 0 Å². The number of rotatable bonds is 4. The van der Waals surface area contributed by atoms with E-state index in [1.807, 2.05) is 13.8 Å². The Morgan fingerprint density at radius 1 is 1.73 bits per heavy atom. The van der Waals surface area contributed by atoms with Crippen molar-refractivity contribution in [3.8, 4) is 0 Å². The second kappa shape index (κ2) is 4.10. The molecule has 0 saturated carbocycles. The van der Waals surface area contributed by atoms with Crippen LogP contribution in [0.4, 0.5) is 0 Å². The van der Waals surface area contributed by atoms with E-state index in [1.54, 1.807) is 6.33 Å². The normalized spacial score (nSPS) is 10.4. The average molecular weight is 155 g/mol. The van der Waals surface area contributed by atoms with E-state index in [0.717, 1.165) is 11.4 Å². The van der Waals surface area contributed by atoms with Gasteiger partial charge < -0.3 is 9.82 Å². The first-order valence-corrected chi connectivity index (χ1v) is 3.68. The van der Waals surface area contributed by atoms with Crippen molar-refractivity contribution in [3.63, 3.8) is 0 Å². The van der Waals surface area contributed by atoms with Crippen molar-refractivity contribution in [2.45, 2.75) is 20.4 Å². The zero-order valence-electron chi connectivity index (χ0n) is 6.85. The zero-order valence-corrected chi connectivity index (χ0v) is 6.85. The van der Waals surface area contributed by atoms with E-state index in [1.165, 1.54) is 0 Å². The highest BCUT2D eigenvalue weighted by Gasteiger charge is 1.98. The molecule has 0 bridgehead atoms. The first kappa shape index (κ1) is 8.23. The van der Waals surface area contributed by atoms with Gasteiger partial charge in [-0.15, -0.1) is 0 Å². The molecule has 0 aliphatic heterocycles. The summed E-state index contributed by atoms with van der Waals surface area (Å²) in [6.07, 6.45) is 1.68. The van der Waals surface area contributed by atoms with Crippen LogP contribution in [0, 0.1) is 6.92 Å². The Labute approximate surface area is 65.9 Å². The predicted molar refractivity (Wildman–Crippen MR) is 41.8 cm³/mol. The molecule has 0 spiro atoms. The van der Waals surface area contributed by atoms with Crippen molar-refractivity contribution in [1.82, 2.24) is 15.4 Å². The van der Waals surface area contributed by atoms with Gasteiger partial charge in [0.05, 0.1) is 25.2 Å². The molecule has 0 unspecified atom stereocenters. The van der Waals surface area contributed by atoms with Gasteiger partial charge in [0.2, 0.25) is 0 Å². The molecule has 0 radical (unpaired) electrons. The summed E-state index contributed by atoms with van der Waals surface area (Å²) >= 11 is 0. The van der Waals surface area contributed by atoms with Gasteiger partial charge in [0.15, 0.2) is 0 Å². The molecule has 4 nitrogen and oxygen atoms in total. The fraction of sp³-hybridized carbons (Fsp3) is 0.571. The number of aromatic nitrogens is 2. The van der Waals surface area contributed by atoms with Crippen LogP contribution in [0.25, 0.3) is 0 Å². The van der Waals surface area contributed by atoms with Crippen LogP contribution in [0.5, 0.6) is 0 Å². The van der Waals surface area contributed by atoms with E-state index < -0.39 is 0 Å². The molecule has 0 atom stereocenters. The van der Waals surface area contributed by atoms with Gasteiger partial charge >= 0.3 is 0 Å². The van der Waals surface area contributed by atoms with Gasteiger partial charge in [0.25, 0.3) is 0 Å². The quantitative estimate of drug-likeness (QED) is 0.498. The van der Waals surface area contributed by atoms with Gasteiger partial charge in [-0.3, -0.25) is 0 Å². The molecule has 4 heteroatoms. The SMILES string of the molecule is CCONCc1nc[nH]c1C. The highest BCUT2D eigenvalue weighted by molar-refractivity contribution is 5.07. The highest BCUT2D eigenvalue weighted by atomic mass is 16.6. The lowest BCUT2D eigenvalue weighted by Crippen LogP contribution is -2.14. The molecule has 62 valence electrons. The van der Waals surface area contributed by atoms with Crippen LogP contribution in [0.3, 0.4) is 0 Å². The highest BCUT2D eigenvalue weighted by Crippen LogP contribution is 1.98. The third kappa shape index (κ3) is 2.32. The minimum atomic E-state index is 0.656. The Bertz CT molecular complexity index is 209. The van der Waals surface area contributed by atoms with E-state index in [0.29, 0.717) is 13.2 Å². The maximum Gasteiger partial charge on any atom is 0.0925 e. The molecular weight excluding hydrogens is 142 g/mol. The van der Waals surface area contributed by atoms with Gasteiger partial charge in [0, 0.05) is 5.69 Å². The van der Waals surface area contributed by atoms with Crippen LogP contribution in [0.1, 0.15) is 18.3 Å². The average Bonchev–Trinajstić information content (AvgIpc) is 2.37. The number of H-pyrrole nitrogens is 1. The molecule has 2 N–H and O–H groups in total. The molecule has 0 saturated heterocycles. The lowest BCUT2D eigenvalue weighted by molar-refractivity contribution is 0.0456. The first-order chi connectivity index (χ1) is 5.34. The number of nitrogens with zero attached hydrogens (tertiary/aromatic N) is 1. The number of hydrogen-bond acceptors (Lipinski definition) is 3. The minimum absolute atomic E-state index is 0.656. The summed E-state index contributed by atoms with van der Waals surface area (Å²) in [5.74, 6) is 0. The second-order valence-electron chi connectivity index (χ2n) is 2.23. The topological polar surface area (TPSA) is 49.9 Å². The third-order valence-corrected chi connectivity index (χ3v) is 1.42. The van der Waals surface area contributed by atoms with Gasteiger partial charge in [-0.05, 0) is 13.8 Å². The third-order valence-electron chi connectivity index (χ3n) is 1.42. The smallest absolute Gasteiger partial charge is 0.0925 e. The number of imidazole rings is 1. The summed E-state index contributed by atoms with van der Waals surface area (Å²) in [6.45, 7) is 5.24. The summed E-state index contributed by atoms with van der Waals surface area (Å²) in [4.78, 5) is 12.0. The lowest BCUT2D eigenvalue weighted by atomic mass is 10.3. The van der Waals surface area contributed by atoms with Crippen molar-refractivity contribution in [2.75, 3.05) is 6.61 Å². The number of hydroxylamine groups is 1. The number of nitrogens with one attached hydrogen (secondary N) is 2. The van der Waals surface area contributed by atoms with Gasteiger partial charge in [-0.2, -0.15) is 5.48 Å². The lowest BCUT2D eigenvalue weighted by Gasteiger charge is -2.00. The molecule has 1 rings (SSSR count). The maximum absolute atomic E-state index is 4.96. The molecule has 1 aromatic heterocycles. The first-order valence-electron chi connectivity index (χ1n) is 3.68. The van der Waals surface area contributed by atoms with E-state index in [2.05, 4.69) is 15.4 Å². The van der Waals surface area contributed by atoms with Crippen LogP contribution in [0.15, 0.2) is 6.33 Å². The van der Waals surface area contributed by atoms with Crippen molar-refractivity contribution >= 4 is 0 Å². The summed E-state index contributed by atoms with van der Waals surface area (Å²) in [5, 5.41) is 0. The Balaban J connectivity index is 2.32. The van der Waals surface area contributed by atoms with Crippen LogP contribution < -0.4 is 5.48 Å². The van der Waals surface area contributed by atoms with Crippen molar-refractivity contribution < 1.29 is 4.84 Å². The molecule has 0 aliphatic carbocycles. The molecule has 0 aliphatic rings. The maximum atomic E-state index is 4.96. The zero-order chi connectivity index (χ0) is 8.10. The largest absolute Gasteiger partial charge is 0.348 e. The van der Waals surface area contributed by atoms with Gasteiger partial charge in [0.1, 0.15) is 0 Å². The van der Waals surface area contributed by atoms with E-state index in [4.69, 9.17) is 4.84 Å². The Kier molecular flexibility index (Phi) is 3.07. The van der Waals surface area contributed by atoms with E-state index >= 15 is 0 Å². The summed E-state index contributed by atoms with van der Waals surface area (Å²) in [6, 6.07) is 0. The molecule has 0 fully saturated rings. The van der Waals surface area contributed by atoms with Crippen LogP contribution in [-0.4, -0.2) is 16.6 Å². The summed E-state index contributed by atoms with van der Waals surface area (Å²) < 4.78 is 0. The molecule has 1 aromatic rings. The molecule has 11 heavy (non-hydrogen) atoms. The molecule has 0 aromatic carbocycles. The standard InChI is InChI=1S/C7H13N3O/c1-3-11-10-4-7-6(2)8-5-9-7/h5,10H,3-4H2,1-2H3,(H,8,9). The van der Waals surface area contributed by atoms with Crippen LogP contribution >= 0.6 is 0 Å².